The van der Waals surface area contributed by atoms with E-state index in [0.29, 0.717) is 5.56 Å². The van der Waals surface area contributed by atoms with Gasteiger partial charge in [-0.05, 0) is 67.9 Å². The lowest BCUT2D eigenvalue weighted by atomic mass is 9.54. The first-order chi connectivity index (χ1) is 15.1. The van der Waals surface area contributed by atoms with Crippen LogP contribution in [0.4, 0.5) is 0 Å². The molecule has 4 bridgehead atoms. The molecule has 0 spiro atoms. The van der Waals surface area contributed by atoms with Gasteiger partial charge in [-0.1, -0.05) is 66.7 Å². The second kappa shape index (κ2) is 8.45. The molecule has 4 aliphatic rings. The maximum Gasteiger partial charge on any atom is 0.307 e. The molecule has 4 fully saturated rings. The van der Waals surface area contributed by atoms with E-state index < -0.39 is 0 Å². The third-order valence-electron chi connectivity index (χ3n) is 7.46. The van der Waals surface area contributed by atoms with Crippen LogP contribution in [-0.2, 0) is 9.53 Å². The van der Waals surface area contributed by atoms with Gasteiger partial charge in [-0.2, -0.15) is 0 Å². The normalized spacial score (nSPS) is 29.7. The molecule has 1 atom stereocenters. The Labute approximate surface area is 184 Å². The Hall–Kier alpha value is -2.68. The summed E-state index contributed by atoms with van der Waals surface area (Å²) in [5.74, 6) is 1.88. The number of hydrogen-bond acceptors (Lipinski definition) is 3. The van der Waals surface area contributed by atoms with Gasteiger partial charge in [0.05, 0.1) is 6.42 Å². The van der Waals surface area contributed by atoms with Crippen LogP contribution in [0.1, 0.15) is 66.8 Å². The highest BCUT2D eigenvalue weighted by atomic mass is 16.6. The summed E-state index contributed by atoms with van der Waals surface area (Å²) in [7, 11) is 0. The van der Waals surface area contributed by atoms with Gasteiger partial charge in [-0.3, -0.25) is 9.59 Å². The van der Waals surface area contributed by atoms with E-state index in [1.807, 2.05) is 66.7 Å². The van der Waals surface area contributed by atoms with E-state index in [1.165, 1.54) is 19.3 Å². The van der Waals surface area contributed by atoms with Gasteiger partial charge in [0.2, 0.25) is 0 Å². The summed E-state index contributed by atoms with van der Waals surface area (Å²) in [6.45, 7) is 0. The molecular weight excluding hydrogens is 384 g/mol. The number of rotatable bonds is 7. The van der Waals surface area contributed by atoms with Crippen molar-refractivity contribution in [1.82, 2.24) is 0 Å². The second-order valence-electron chi connectivity index (χ2n) is 9.89. The van der Waals surface area contributed by atoms with Gasteiger partial charge >= 0.3 is 5.97 Å². The molecule has 0 aliphatic heterocycles. The molecule has 0 amide bonds. The second-order valence-corrected chi connectivity index (χ2v) is 9.89. The molecule has 4 saturated carbocycles. The van der Waals surface area contributed by atoms with Crippen LogP contribution in [0.2, 0.25) is 0 Å². The zero-order valence-corrected chi connectivity index (χ0v) is 17.9. The van der Waals surface area contributed by atoms with Crippen LogP contribution in [0.3, 0.4) is 0 Å². The van der Waals surface area contributed by atoms with Crippen molar-refractivity contribution in [3.8, 4) is 0 Å². The van der Waals surface area contributed by atoms with Crippen molar-refractivity contribution in [3.63, 3.8) is 0 Å². The number of allylic oxidation sites excluding steroid dienone is 2. The van der Waals surface area contributed by atoms with Gasteiger partial charge in [-0.25, -0.2) is 0 Å². The predicted molar refractivity (Wildman–Crippen MR) is 121 cm³/mol. The van der Waals surface area contributed by atoms with E-state index in [-0.39, 0.29) is 29.7 Å². The molecule has 31 heavy (non-hydrogen) atoms. The SMILES string of the molecule is O=C(C[C@@H](/C=C/C(=O)c1ccccc1)c1ccccc1)OC12CC3CC(CC(C3)C1)C2. The number of benzene rings is 2. The van der Waals surface area contributed by atoms with Crippen LogP contribution in [-0.4, -0.2) is 17.4 Å². The fourth-order valence-electron chi connectivity index (χ4n) is 6.52. The summed E-state index contributed by atoms with van der Waals surface area (Å²) >= 11 is 0. The van der Waals surface area contributed by atoms with Crippen molar-refractivity contribution < 1.29 is 14.3 Å². The molecule has 3 nitrogen and oxygen atoms in total. The smallest absolute Gasteiger partial charge is 0.307 e. The minimum atomic E-state index is -0.226. The first-order valence-electron chi connectivity index (χ1n) is 11.6. The molecule has 2 aromatic carbocycles. The average Bonchev–Trinajstić information content (AvgIpc) is 2.76. The zero-order chi connectivity index (χ0) is 21.3. The molecule has 6 rings (SSSR count). The third kappa shape index (κ3) is 4.51. The molecule has 0 aromatic heterocycles. The topological polar surface area (TPSA) is 43.4 Å². The van der Waals surface area contributed by atoms with Crippen molar-refractivity contribution in [1.29, 1.82) is 0 Å². The molecule has 0 radical (unpaired) electrons. The van der Waals surface area contributed by atoms with Gasteiger partial charge < -0.3 is 4.74 Å². The highest BCUT2D eigenvalue weighted by Gasteiger charge is 2.53. The third-order valence-corrected chi connectivity index (χ3v) is 7.46. The predicted octanol–water partition coefficient (Wildman–Crippen LogP) is 6.11. The molecular formula is C28H30O3. The molecule has 4 aliphatic carbocycles. The van der Waals surface area contributed by atoms with E-state index >= 15 is 0 Å². The molecule has 2 aromatic rings. The summed E-state index contributed by atoms with van der Waals surface area (Å²) in [4.78, 5) is 25.6. The van der Waals surface area contributed by atoms with Gasteiger partial charge in [0, 0.05) is 11.5 Å². The van der Waals surface area contributed by atoms with Crippen molar-refractivity contribution in [3.05, 3.63) is 83.9 Å². The highest BCUT2D eigenvalue weighted by molar-refractivity contribution is 6.04. The number of ether oxygens (including phenoxy) is 1. The maximum absolute atomic E-state index is 13.1. The number of carbonyl (C=O) groups is 2. The number of esters is 1. The minimum absolute atomic E-state index is 0.0454. The maximum atomic E-state index is 13.1. The Kier molecular flexibility index (Phi) is 5.52. The quantitative estimate of drug-likeness (QED) is 0.312. The lowest BCUT2D eigenvalue weighted by Crippen LogP contribution is -2.52. The van der Waals surface area contributed by atoms with Crippen LogP contribution in [0.15, 0.2) is 72.8 Å². The van der Waals surface area contributed by atoms with E-state index in [4.69, 9.17) is 4.74 Å². The largest absolute Gasteiger partial charge is 0.459 e. The van der Waals surface area contributed by atoms with Gasteiger partial charge in [0.15, 0.2) is 5.78 Å². The molecule has 0 unspecified atom stereocenters. The Morgan fingerprint density at radius 3 is 2.00 bits per heavy atom. The van der Waals surface area contributed by atoms with Crippen LogP contribution in [0.5, 0.6) is 0 Å². The van der Waals surface area contributed by atoms with E-state index in [2.05, 4.69) is 0 Å². The van der Waals surface area contributed by atoms with E-state index in [0.717, 1.165) is 42.6 Å². The van der Waals surface area contributed by atoms with Crippen LogP contribution < -0.4 is 0 Å². The first kappa shape index (κ1) is 20.2. The lowest BCUT2D eigenvalue weighted by Gasteiger charge is -2.55. The van der Waals surface area contributed by atoms with Crippen molar-refractivity contribution in [2.24, 2.45) is 17.8 Å². The summed E-state index contributed by atoms with van der Waals surface area (Å²) in [5, 5.41) is 0. The van der Waals surface area contributed by atoms with E-state index in [1.54, 1.807) is 6.08 Å². The molecule has 0 N–H and O–H groups in total. The lowest BCUT2D eigenvalue weighted by molar-refractivity contribution is -0.186. The fourth-order valence-corrected chi connectivity index (χ4v) is 6.52. The van der Waals surface area contributed by atoms with Crippen LogP contribution in [0.25, 0.3) is 0 Å². The zero-order valence-electron chi connectivity index (χ0n) is 17.9. The molecule has 0 heterocycles. The van der Waals surface area contributed by atoms with E-state index in [9.17, 15) is 9.59 Å². The summed E-state index contributed by atoms with van der Waals surface area (Å²) in [6.07, 6.45) is 10.9. The monoisotopic (exact) mass is 414 g/mol. The van der Waals surface area contributed by atoms with Crippen molar-refractivity contribution in [2.75, 3.05) is 0 Å². The number of carbonyl (C=O) groups excluding carboxylic acids is 2. The standard InChI is InChI=1S/C28H30O3/c29-26(24-9-5-2-6-10-24)12-11-25(23-7-3-1-4-8-23)16-27(30)31-28-17-20-13-21(18-28)15-22(14-20)19-28/h1-12,20-22,25H,13-19H2/b12-11+/t20?,21?,22?,25-,28?/m1/s1. The van der Waals surface area contributed by atoms with Gasteiger partial charge in [0.1, 0.15) is 5.60 Å². The molecule has 0 saturated heterocycles. The number of hydrogen-bond donors (Lipinski definition) is 0. The minimum Gasteiger partial charge on any atom is -0.459 e. The highest BCUT2D eigenvalue weighted by Crippen LogP contribution is 2.57. The van der Waals surface area contributed by atoms with Crippen LogP contribution in [0, 0.1) is 17.8 Å². The summed E-state index contributed by atoms with van der Waals surface area (Å²) < 4.78 is 6.24. The Morgan fingerprint density at radius 1 is 0.871 bits per heavy atom. The fraction of sp³-hybridized carbons (Fsp3) is 0.429. The van der Waals surface area contributed by atoms with Crippen LogP contribution >= 0.6 is 0 Å². The summed E-state index contributed by atoms with van der Waals surface area (Å²) in [5.41, 5.74) is 1.46. The Balaban J connectivity index is 1.30. The van der Waals surface area contributed by atoms with Gasteiger partial charge in [-0.15, -0.1) is 0 Å². The van der Waals surface area contributed by atoms with Crippen molar-refractivity contribution in [2.45, 2.75) is 56.5 Å². The Morgan fingerprint density at radius 2 is 1.42 bits per heavy atom. The summed E-state index contributed by atoms with van der Waals surface area (Å²) in [6, 6.07) is 19.2. The number of ketones is 1. The van der Waals surface area contributed by atoms with Crippen molar-refractivity contribution >= 4 is 11.8 Å². The first-order valence-corrected chi connectivity index (χ1v) is 11.6. The Bertz CT molecular complexity index is 925. The molecule has 3 heteroatoms. The molecule has 160 valence electrons. The van der Waals surface area contributed by atoms with Gasteiger partial charge in [0.25, 0.3) is 0 Å². The average molecular weight is 415 g/mol.